The van der Waals surface area contributed by atoms with Gasteiger partial charge in [-0.3, -0.25) is 4.90 Å². The summed E-state index contributed by atoms with van der Waals surface area (Å²) in [5.41, 5.74) is 0. The van der Waals surface area contributed by atoms with E-state index >= 15 is 0 Å². The number of halogens is 1. The maximum atomic E-state index is 5.79. The topological polar surface area (TPSA) is 3.24 Å². The Hall–Kier alpha value is 0.250. The van der Waals surface area contributed by atoms with Crippen LogP contribution in [0.1, 0.15) is 46.5 Å². The van der Waals surface area contributed by atoms with Crippen molar-refractivity contribution in [3.63, 3.8) is 0 Å². The quantitative estimate of drug-likeness (QED) is 0.549. The summed E-state index contributed by atoms with van der Waals surface area (Å²) in [5, 5.41) is 0. The molecule has 0 rings (SSSR count). The van der Waals surface area contributed by atoms with E-state index in [0.717, 1.165) is 18.5 Å². The molecule has 0 saturated carbocycles. The molecule has 0 aliphatic heterocycles. The SMILES string of the molecule is CCCCN(CCCl)C(CC)CC. The summed E-state index contributed by atoms with van der Waals surface area (Å²) < 4.78 is 0. The summed E-state index contributed by atoms with van der Waals surface area (Å²) in [6.45, 7) is 9.04. The fourth-order valence-corrected chi connectivity index (χ4v) is 1.97. The first-order valence-corrected chi connectivity index (χ1v) is 6.13. The highest BCUT2D eigenvalue weighted by atomic mass is 35.5. The van der Waals surface area contributed by atoms with Crippen LogP contribution in [-0.2, 0) is 0 Å². The minimum absolute atomic E-state index is 0.741. The highest BCUT2D eigenvalue weighted by molar-refractivity contribution is 6.18. The third-order valence-electron chi connectivity index (χ3n) is 2.63. The fraction of sp³-hybridized carbons (Fsp3) is 1.00. The summed E-state index contributed by atoms with van der Waals surface area (Å²) >= 11 is 5.79. The van der Waals surface area contributed by atoms with E-state index < -0.39 is 0 Å². The molecule has 0 aliphatic rings. The van der Waals surface area contributed by atoms with Gasteiger partial charge in [-0.1, -0.05) is 27.2 Å². The van der Waals surface area contributed by atoms with Gasteiger partial charge < -0.3 is 0 Å². The van der Waals surface area contributed by atoms with Crippen LogP contribution in [0.4, 0.5) is 0 Å². The molecule has 0 saturated heterocycles. The summed E-state index contributed by atoms with van der Waals surface area (Å²) in [6.07, 6.45) is 5.07. The third-order valence-corrected chi connectivity index (χ3v) is 2.80. The molecule has 2 heteroatoms. The zero-order valence-electron chi connectivity index (χ0n) is 9.35. The zero-order valence-corrected chi connectivity index (χ0v) is 10.1. The van der Waals surface area contributed by atoms with Crippen molar-refractivity contribution in [2.45, 2.75) is 52.5 Å². The molecule has 13 heavy (non-hydrogen) atoms. The molecule has 0 fully saturated rings. The van der Waals surface area contributed by atoms with Gasteiger partial charge in [-0.05, 0) is 25.8 Å². The summed E-state index contributed by atoms with van der Waals surface area (Å²) in [6, 6.07) is 0.741. The highest BCUT2D eigenvalue weighted by Crippen LogP contribution is 2.09. The predicted molar refractivity (Wildman–Crippen MR) is 61.6 cm³/mol. The van der Waals surface area contributed by atoms with Gasteiger partial charge in [-0.15, -0.1) is 11.6 Å². The Kier molecular flexibility index (Phi) is 9.00. The monoisotopic (exact) mass is 205 g/mol. The van der Waals surface area contributed by atoms with Crippen molar-refractivity contribution >= 4 is 11.6 Å². The van der Waals surface area contributed by atoms with Gasteiger partial charge in [-0.25, -0.2) is 0 Å². The molecule has 80 valence electrons. The molecular weight excluding hydrogens is 182 g/mol. The number of hydrogen-bond acceptors (Lipinski definition) is 1. The molecule has 1 nitrogen and oxygen atoms in total. The highest BCUT2D eigenvalue weighted by Gasteiger charge is 2.12. The minimum Gasteiger partial charge on any atom is -0.299 e. The van der Waals surface area contributed by atoms with Gasteiger partial charge in [0.05, 0.1) is 0 Å². The first-order chi connectivity index (χ1) is 6.29. The second kappa shape index (κ2) is 8.83. The molecule has 0 aromatic rings. The van der Waals surface area contributed by atoms with Gasteiger partial charge in [0.2, 0.25) is 0 Å². The minimum atomic E-state index is 0.741. The fourth-order valence-electron chi connectivity index (χ4n) is 1.75. The molecule has 0 unspecified atom stereocenters. The van der Waals surface area contributed by atoms with Crippen molar-refractivity contribution in [3.05, 3.63) is 0 Å². The lowest BCUT2D eigenvalue weighted by atomic mass is 10.1. The molecule has 0 heterocycles. The molecular formula is C11H24ClN. The Labute approximate surface area is 88.5 Å². The number of hydrogen-bond donors (Lipinski definition) is 0. The molecule has 0 N–H and O–H groups in total. The van der Waals surface area contributed by atoms with E-state index in [1.165, 1.54) is 32.2 Å². The molecule has 0 radical (unpaired) electrons. The Morgan fingerprint density at radius 2 is 1.69 bits per heavy atom. The smallest absolute Gasteiger partial charge is 0.0351 e. The standard InChI is InChI=1S/C11H24ClN/c1-4-7-9-13(10-8-12)11(5-2)6-3/h11H,4-10H2,1-3H3. The van der Waals surface area contributed by atoms with E-state index in [4.69, 9.17) is 11.6 Å². The van der Waals surface area contributed by atoms with E-state index in [0.29, 0.717) is 0 Å². The van der Waals surface area contributed by atoms with Crippen LogP contribution in [0.3, 0.4) is 0 Å². The normalized spacial score (nSPS) is 11.5. The molecule has 0 aliphatic carbocycles. The molecule has 0 aromatic heterocycles. The lowest BCUT2D eigenvalue weighted by molar-refractivity contribution is 0.194. The largest absolute Gasteiger partial charge is 0.299 e. The van der Waals surface area contributed by atoms with E-state index in [2.05, 4.69) is 25.7 Å². The number of unbranched alkanes of at least 4 members (excludes halogenated alkanes) is 1. The van der Waals surface area contributed by atoms with Crippen molar-refractivity contribution in [1.29, 1.82) is 0 Å². The molecule has 0 amide bonds. The van der Waals surface area contributed by atoms with Gasteiger partial charge in [0, 0.05) is 18.5 Å². The van der Waals surface area contributed by atoms with E-state index in [1.54, 1.807) is 0 Å². The molecule has 0 spiro atoms. The van der Waals surface area contributed by atoms with Crippen molar-refractivity contribution in [3.8, 4) is 0 Å². The van der Waals surface area contributed by atoms with E-state index in [9.17, 15) is 0 Å². The Morgan fingerprint density at radius 3 is 2.08 bits per heavy atom. The number of alkyl halides is 1. The van der Waals surface area contributed by atoms with Crippen molar-refractivity contribution in [2.75, 3.05) is 19.0 Å². The van der Waals surface area contributed by atoms with Crippen LogP contribution >= 0.6 is 11.6 Å². The van der Waals surface area contributed by atoms with Crippen LogP contribution in [-0.4, -0.2) is 29.9 Å². The second-order valence-corrected chi connectivity index (χ2v) is 3.93. The summed E-state index contributed by atoms with van der Waals surface area (Å²) in [4.78, 5) is 2.54. The zero-order chi connectivity index (χ0) is 10.1. The average molecular weight is 206 g/mol. The van der Waals surface area contributed by atoms with E-state index in [1.807, 2.05) is 0 Å². The van der Waals surface area contributed by atoms with Crippen LogP contribution in [0.5, 0.6) is 0 Å². The maximum Gasteiger partial charge on any atom is 0.0351 e. The predicted octanol–water partition coefficient (Wildman–Crippen LogP) is 3.52. The first kappa shape index (κ1) is 13.2. The maximum absolute atomic E-state index is 5.79. The van der Waals surface area contributed by atoms with Gasteiger partial charge in [0.15, 0.2) is 0 Å². The van der Waals surface area contributed by atoms with Gasteiger partial charge in [-0.2, -0.15) is 0 Å². The van der Waals surface area contributed by atoms with Crippen LogP contribution < -0.4 is 0 Å². The van der Waals surface area contributed by atoms with Crippen molar-refractivity contribution in [1.82, 2.24) is 4.90 Å². The Balaban J connectivity index is 3.88. The lowest BCUT2D eigenvalue weighted by Gasteiger charge is -2.29. The van der Waals surface area contributed by atoms with Crippen LogP contribution in [0.15, 0.2) is 0 Å². The van der Waals surface area contributed by atoms with Gasteiger partial charge in [0.25, 0.3) is 0 Å². The Morgan fingerprint density at radius 1 is 1.08 bits per heavy atom. The van der Waals surface area contributed by atoms with Gasteiger partial charge in [0.1, 0.15) is 0 Å². The second-order valence-electron chi connectivity index (χ2n) is 3.55. The van der Waals surface area contributed by atoms with Crippen LogP contribution in [0.25, 0.3) is 0 Å². The number of nitrogens with zero attached hydrogens (tertiary/aromatic N) is 1. The molecule has 0 bridgehead atoms. The van der Waals surface area contributed by atoms with Gasteiger partial charge >= 0.3 is 0 Å². The lowest BCUT2D eigenvalue weighted by Crippen LogP contribution is -2.36. The van der Waals surface area contributed by atoms with Crippen molar-refractivity contribution < 1.29 is 0 Å². The third kappa shape index (κ3) is 5.53. The molecule has 0 atom stereocenters. The first-order valence-electron chi connectivity index (χ1n) is 5.60. The Bertz CT molecular complexity index is 102. The van der Waals surface area contributed by atoms with Crippen molar-refractivity contribution in [2.24, 2.45) is 0 Å². The summed E-state index contributed by atoms with van der Waals surface area (Å²) in [7, 11) is 0. The number of rotatable bonds is 8. The average Bonchev–Trinajstić information content (AvgIpc) is 2.16. The van der Waals surface area contributed by atoms with E-state index in [-0.39, 0.29) is 0 Å². The van der Waals surface area contributed by atoms with Crippen LogP contribution in [0, 0.1) is 0 Å². The molecule has 0 aromatic carbocycles. The van der Waals surface area contributed by atoms with Crippen LogP contribution in [0.2, 0.25) is 0 Å². The summed E-state index contributed by atoms with van der Waals surface area (Å²) in [5.74, 6) is 0.764.